The van der Waals surface area contributed by atoms with Crippen molar-refractivity contribution >= 4 is 39.2 Å². The molecule has 200 valence electrons. The first-order valence-electron chi connectivity index (χ1n) is 12.6. The molecular weight excluding hydrogens is 566 g/mol. The molecule has 1 atom stereocenters. The van der Waals surface area contributed by atoms with Gasteiger partial charge in [-0.05, 0) is 65.0 Å². The van der Waals surface area contributed by atoms with E-state index < -0.39 is 6.04 Å². The zero-order chi connectivity index (χ0) is 27.6. The van der Waals surface area contributed by atoms with Crippen LogP contribution in [0.15, 0.2) is 68.0 Å². The molecule has 7 nitrogen and oxygen atoms in total. The van der Waals surface area contributed by atoms with Crippen LogP contribution in [0, 0.1) is 0 Å². The van der Waals surface area contributed by atoms with Crippen LogP contribution in [-0.2, 0) is 4.79 Å². The Hall–Kier alpha value is -3.17. The van der Waals surface area contributed by atoms with E-state index in [1.54, 1.807) is 16.6 Å². The second-order valence-corrected chi connectivity index (χ2v) is 11.1. The molecule has 0 saturated heterocycles. The summed E-state index contributed by atoms with van der Waals surface area (Å²) >= 11 is 4.83. The molecule has 4 rings (SSSR count). The summed E-state index contributed by atoms with van der Waals surface area (Å²) in [6, 6.07) is 12.6. The van der Waals surface area contributed by atoms with Gasteiger partial charge >= 0.3 is 0 Å². The average molecular weight is 599 g/mol. The van der Waals surface area contributed by atoms with Gasteiger partial charge in [-0.3, -0.25) is 14.2 Å². The normalized spacial score (nSPS) is 15.4. The predicted octanol–water partition coefficient (Wildman–Crippen LogP) is 4.66. The molecule has 1 aliphatic heterocycles. The minimum Gasteiger partial charge on any atom is -0.496 e. The van der Waals surface area contributed by atoms with E-state index in [0.717, 1.165) is 15.6 Å². The quantitative estimate of drug-likeness (QED) is 0.378. The van der Waals surface area contributed by atoms with Gasteiger partial charge in [0.15, 0.2) is 4.80 Å². The highest BCUT2D eigenvalue weighted by Crippen LogP contribution is 2.36. The number of halogens is 1. The summed E-state index contributed by atoms with van der Waals surface area (Å²) in [7, 11) is 1.59. The Kier molecular flexibility index (Phi) is 8.57. The van der Waals surface area contributed by atoms with Gasteiger partial charge in [0.05, 0.1) is 29.0 Å². The standard InChI is InChI=1S/C29H32BrN3O4S/c1-7-32(8-2)28(35)25-18(5)31-29-33(26(25)21-11-9-10-12-23(21)36-6)27(34)24(38-29)16-19-15-20(30)13-14-22(19)37-17(3)4/h9-17,26H,7-8H2,1-6H3/b24-16-/t26-/m1/s1. The van der Waals surface area contributed by atoms with E-state index in [4.69, 9.17) is 14.5 Å². The third-order valence-electron chi connectivity index (χ3n) is 6.36. The van der Waals surface area contributed by atoms with Crippen molar-refractivity contribution < 1.29 is 14.3 Å². The Labute approximate surface area is 234 Å². The lowest BCUT2D eigenvalue weighted by Gasteiger charge is -2.29. The van der Waals surface area contributed by atoms with E-state index in [1.807, 2.05) is 83.2 Å². The Balaban J connectivity index is 2.00. The third kappa shape index (κ3) is 5.35. The summed E-state index contributed by atoms with van der Waals surface area (Å²) < 4.78 is 14.7. The van der Waals surface area contributed by atoms with Gasteiger partial charge in [0.2, 0.25) is 0 Å². The Morgan fingerprint density at radius 2 is 1.89 bits per heavy atom. The van der Waals surface area contributed by atoms with Crippen molar-refractivity contribution in [2.45, 2.75) is 46.8 Å². The molecule has 0 saturated carbocycles. The fourth-order valence-electron chi connectivity index (χ4n) is 4.60. The van der Waals surface area contributed by atoms with Crippen molar-refractivity contribution in [3.8, 4) is 11.5 Å². The molecular formula is C29H32BrN3O4S. The van der Waals surface area contributed by atoms with Crippen LogP contribution in [0.4, 0.5) is 0 Å². The van der Waals surface area contributed by atoms with Crippen molar-refractivity contribution in [2.75, 3.05) is 20.2 Å². The maximum Gasteiger partial charge on any atom is 0.271 e. The van der Waals surface area contributed by atoms with Crippen LogP contribution in [0.1, 0.15) is 51.8 Å². The van der Waals surface area contributed by atoms with Gasteiger partial charge in [-0.2, -0.15) is 0 Å². The largest absolute Gasteiger partial charge is 0.496 e. The van der Waals surface area contributed by atoms with Crippen molar-refractivity contribution in [1.29, 1.82) is 0 Å². The van der Waals surface area contributed by atoms with E-state index in [9.17, 15) is 9.59 Å². The number of fused-ring (bicyclic) bond motifs is 1. The third-order valence-corrected chi connectivity index (χ3v) is 7.83. The van der Waals surface area contributed by atoms with Crippen LogP contribution >= 0.6 is 27.3 Å². The number of allylic oxidation sites excluding steroid dienone is 1. The number of para-hydroxylation sites is 1. The highest BCUT2D eigenvalue weighted by molar-refractivity contribution is 9.10. The number of hydrogen-bond donors (Lipinski definition) is 0. The molecule has 0 aliphatic carbocycles. The molecule has 1 aromatic heterocycles. The number of nitrogens with zero attached hydrogens (tertiary/aromatic N) is 3. The fraction of sp³-hybridized carbons (Fsp3) is 0.345. The zero-order valence-corrected chi connectivity index (χ0v) is 24.9. The first-order chi connectivity index (χ1) is 18.2. The Morgan fingerprint density at radius 3 is 2.55 bits per heavy atom. The number of carbonyl (C=O) groups excluding carboxylic acids is 1. The molecule has 0 fully saturated rings. The summed E-state index contributed by atoms with van der Waals surface area (Å²) in [6.07, 6.45) is 1.81. The van der Waals surface area contributed by atoms with Crippen LogP contribution in [-0.4, -0.2) is 41.7 Å². The molecule has 0 spiro atoms. The number of benzene rings is 2. The molecule has 0 bridgehead atoms. The second kappa shape index (κ2) is 11.7. The molecule has 9 heteroatoms. The molecule has 3 aromatic rings. The molecule has 38 heavy (non-hydrogen) atoms. The Bertz CT molecular complexity index is 1570. The van der Waals surface area contributed by atoms with Crippen molar-refractivity contribution in [3.63, 3.8) is 0 Å². The fourth-order valence-corrected chi connectivity index (χ4v) is 6.01. The average Bonchev–Trinajstić information content (AvgIpc) is 3.19. The van der Waals surface area contributed by atoms with Gasteiger partial charge in [-0.1, -0.05) is 45.5 Å². The number of aromatic nitrogens is 1. The lowest BCUT2D eigenvalue weighted by Crippen LogP contribution is -2.43. The second-order valence-electron chi connectivity index (χ2n) is 9.15. The Morgan fingerprint density at radius 1 is 1.18 bits per heavy atom. The summed E-state index contributed by atoms with van der Waals surface area (Å²) in [6.45, 7) is 10.7. The highest BCUT2D eigenvalue weighted by atomic mass is 79.9. The van der Waals surface area contributed by atoms with Crippen molar-refractivity contribution in [1.82, 2.24) is 9.47 Å². The summed E-state index contributed by atoms with van der Waals surface area (Å²) in [5, 5.41) is 0. The first-order valence-corrected chi connectivity index (χ1v) is 14.2. The van der Waals surface area contributed by atoms with Gasteiger partial charge < -0.3 is 14.4 Å². The van der Waals surface area contributed by atoms with E-state index in [2.05, 4.69) is 15.9 Å². The van der Waals surface area contributed by atoms with E-state index in [1.165, 1.54) is 11.3 Å². The minimum atomic E-state index is -0.674. The minimum absolute atomic E-state index is 0.0219. The van der Waals surface area contributed by atoms with Gasteiger partial charge in [-0.25, -0.2) is 4.99 Å². The smallest absolute Gasteiger partial charge is 0.271 e. The van der Waals surface area contributed by atoms with E-state index in [-0.39, 0.29) is 17.6 Å². The molecule has 1 aliphatic rings. The summed E-state index contributed by atoms with van der Waals surface area (Å²) in [4.78, 5) is 34.9. The SMILES string of the molecule is CCN(CC)C(=O)C1=C(C)N=c2s/c(=C\c3cc(Br)ccc3OC(C)C)c(=O)n2[C@@H]1c1ccccc1OC. The van der Waals surface area contributed by atoms with Crippen LogP contribution in [0.3, 0.4) is 0 Å². The van der Waals surface area contributed by atoms with Gasteiger partial charge in [0.1, 0.15) is 17.5 Å². The lowest BCUT2D eigenvalue weighted by molar-refractivity contribution is -0.127. The molecule has 1 amide bonds. The number of carbonyl (C=O) groups is 1. The number of hydrogen-bond acceptors (Lipinski definition) is 6. The summed E-state index contributed by atoms with van der Waals surface area (Å²) in [5.74, 6) is 1.15. The monoisotopic (exact) mass is 597 g/mol. The van der Waals surface area contributed by atoms with Crippen molar-refractivity contribution in [2.24, 2.45) is 4.99 Å². The summed E-state index contributed by atoms with van der Waals surface area (Å²) in [5.41, 5.74) is 2.36. The van der Waals surface area contributed by atoms with E-state index in [0.29, 0.717) is 45.2 Å². The van der Waals surface area contributed by atoms with Crippen LogP contribution in [0.5, 0.6) is 11.5 Å². The first kappa shape index (κ1) is 27.9. The van der Waals surface area contributed by atoms with Gasteiger partial charge in [-0.15, -0.1) is 0 Å². The van der Waals surface area contributed by atoms with Gasteiger partial charge in [0.25, 0.3) is 11.5 Å². The predicted molar refractivity (Wildman–Crippen MR) is 155 cm³/mol. The van der Waals surface area contributed by atoms with Crippen LogP contribution in [0.25, 0.3) is 6.08 Å². The highest BCUT2D eigenvalue weighted by Gasteiger charge is 2.35. The number of likely N-dealkylation sites (N-methyl/N-ethyl adjacent to an activating group) is 1. The molecule has 0 unspecified atom stereocenters. The number of rotatable bonds is 8. The van der Waals surface area contributed by atoms with E-state index >= 15 is 0 Å². The zero-order valence-electron chi connectivity index (χ0n) is 22.4. The van der Waals surface area contributed by atoms with Crippen LogP contribution in [0.2, 0.25) is 0 Å². The number of methoxy groups -OCH3 is 1. The van der Waals surface area contributed by atoms with Crippen molar-refractivity contribution in [3.05, 3.63) is 89.0 Å². The molecule has 2 heterocycles. The topological polar surface area (TPSA) is 73.1 Å². The number of ether oxygens (including phenoxy) is 2. The molecule has 0 radical (unpaired) electrons. The van der Waals surface area contributed by atoms with Gasteiger partial charge in [0, 0.05) is 28.7 Å². The maximum absolute atomic E-state index is 14.0. The lowest BCUT2D eigenvalue weighted by atomic mass is 9.94. The number of thiazole rings is 1. The number of amides is 1. The van der Waals surface area contributed by atoms with Crippen LogP contribution < -0.4 is 24.4 Å². The maximum atomic E-state index is 14.0. The molecule has 2 aromatic carbocycles. The molecule has 0 N–H and O–H groups in total.